The molecule has 7 heteroatoms. The molecule has 1 fully saturated rings. The predicted octanol–water partition coefficient (Wildman–Crippen LogP) is 0.113. The average molecular weight is 320 g/mol. The highest BCUT2D eigenvalue weighted by Gasteiger charge is 2.34. The molecular weight excluding hydrogens is 292 g/mol. The molecule has 21 heavy (non-hydrogen) atoms. The van der Waals surface area contributed by atoms with Crippen molar-refractivity contribution in [3.05, 3.63) is 0 Å². The Labute approximate surface area is 128 Å². The van der Waals surface area contributed by atoms with E-state index in [0.29, 0.717) is 39.1 Å². The third-order valence-electron chi connectivity index (χ3n) is 4.12. The van der Waals surface area contributed by atoms with Crippen LogP contribution in [0.15, 0.2) is 0 Å². The zero-order valence-electron chi connectivity index (χ0n) is 13.4. The number of β-amino-alcohol motifs (C(OH)–C–C–N with tert-alkyl or cyclic N) is 1. The quantitative estimate of drug-likeness (QED) is 0.752. The van der Waals surface area contributed by atoms with Gasteiger partial charge in [0.1, 0.15) is 5.25 Å². The van der Waals surface area contributed by atoms with E-state index in [9.17, 15) is 18.3 Å². The SMILES string of the molecule is CC[C@@H](O)CN1CCN(C(=O)[C@H](C)S(=O)(=O)C(C)C)CC1. The summed E-state index contributed by atoms with van der Waals surface area (Å²) in [5.41, 5.74) is 0. The molecule has 0 aliphatic carbocycles. The molecule has 2 atom stereocenters. The molecule has 0 radical (unpaired) electrons. The molecule has 0 saturated carbocycles. The van der Waals surface area contributed by atoms with Gasteiger partial charge in [-0.1, -0.05) is 6.92 Å². The molecule has 1 saturated heterocycles. The van der Waals surface area contributed by atoms with Crippen molar-refractivity contribution < 1.29 is 18.3 Å². The highest BCUT2D eigenvalue weighted by molar-refractivity contribution is 7.93. The highest BCUT2D eigenvalue weighted by Crippen LogP contribution is 2.14. The first-order valence-corrected chi connectivity index (χ1v) is 9.23. The van der Waals surface area contributed by atoms with Crippen LogP contribution in [0.4, 0.5) is 0 Å². The van der Waals surface area contributed by atoms with Crippen molar-refractivity contribution in [3.63, 3.8) is 0 Å². The van der Waals surface area contributed by atoms with Gasteiger partial charge < -0.3 is 10.0 Å². The summed E-state index contributed by atoms with van der Waals surface area (Å²) in [6, 6.07) is 0. The van der Waals surface area contributed by atoms with Gasteiger partial charge in [-0.3, -0.25) is 9.69 Å². The van der Waals surface area contributed by atoms with E-state index in [-0.39, 0.29) is 12.0 Å². The lowest BCUT2D eigenvalue weighted by Crippen LogP contribution is -2.53. The molecule has 1 heterocycles. The van der Waals surface area contributed by atoms with E-state index in [1.165, 1.54) is 6.92 Å². The van der Waals surface area contributed by atoms with Crippen molar-refractivity contribution in [3.8, 4) is 0 Å². The Morgan fingerprint density at radius 1 is 1.14 bits per heavy atom. The summed E-state index contributed by atoms with van der Waals surface area (Å²) in [4.78, 5) is 16.0. The molecule has 6 nitrogen and oxygen atoms in total. The van der Waals surface area contributed by atoms with Crippen LogP contribution in [0.2, 0.25) is 0 Å². The van der Waals surface area contributed by atoms with Crippen molar-refractivity contribution in [1.82, 2.24) is 9.80 Å². The Balaban J connectivity index is 2.56. The molecule has 1 aliphatic heterocycles. The van der Waals surface area contributed by atoms with Crippen LogP contribution in [-0.2, 0) is 14.6 Å². The molecule has 1 aliphatic rings. The normalized spacial score (nSPS) is 20.6. The summed E-state index contributed by atoms with van der Waals surface area (Å²) in [7, 11) is -3.41. The topological polar surface area (TPSA) is 77.9 Å². The molecule has 0 bridgehead atoms. The molecular formula is C14H28N2O4S. The standard InChI is InChI=1S/C14H28N2O4S/c1-5-13(17)10-15-6-8-16(9-7-15)14(18)12(4)21(19,20)11(2)3/h11-13,17H,5-10H2,1-4H3/t12-,13+/m0/s1. The highest BCUT2D eigenvalue weighted by atomic mass is 32.2. The van der Waals surface area contributed by atoms with Gasteiger partial charge in [-0.05, 0) is 27.2 Å². The van der Waals surface area contributed by atoms with Gasteiger partial charge >= 0.3 is 0 Å². The van der Waals surface area contributed by atoms with Gasteiger partial charge in [-0.15, -0.1) is 0 Å². The van der Waals surface area contributed by atoms with E-state index in [2.05, 4.69) is 4.90 Å². The molecule has 1 N–H and O–H groups in total. The number of hydrogen-bond acceptors (Lipinski definition) is 5. The minimum absolute atomic E-state index is 0.306. The molecule has 0 aromatic heterocycles. The fourth-order valence-corrected chi connectivity index (χ4v) is 3.63. The van der Waals surface area contributed by atoms with Crippen LogP contribution in [0, 0.1) is 0 Å². The largest absolute Gasteiger partial charge is 0.392 e. The van der Waals surface area contributed by atoms with Crippen molar-refractivity contribution in [2.45, 2.75) is 50.7 Å². The average Bonchev–Trinajstić information content (AvgIpc) is 2.46. The maximum atomic E-state index is 12.3. The smallest absolute Gasteiger partial charge is 0.240 e. The van der Waals surface area contributed by atoms with Gasteiger partial charge in [0.05, 0.1) is 11.4 Å². The first kappa shape index (κ1) is 18.4. The minimum Gasteiger partial charge on any atom is -0.392 e. The molecule has 1 amide bonds. The number of aliphatic hydroxyl groups is 1. The number of amides is 1. The van der Waals surface area contributed by atoms with Crippen LogP contribution in [0.5, 0.6) is 0 Å². The zero-order valence-corrected chi connectivity index (χ0v) is 14.3. The minimum atomic E-state index is -3.41. The maximum Gasteiger partial charge on any atom is 0.240 e. The van der Waals surface area contributed by atoms with E-state index < -0.39 is 20.3 Å². The fraction of sp³-hybridized carbons (Fsp3) is 0.929. The van der Waals surface area contributed by atoms with Gasteiger partial charge in [0.2, 0.25) is 5.91 Å². The summed E-state index contributed by atoms with van der Waals surface area (Å²) in [5.74, 6) is -0.306. The van der Waals surface area contributed by atoms with Crippen molar-refractivity contribution >= 4 is 15.7 Å². The summed E-state index contributed by atoms with van der Waals surface area (Å²) >= 11 is 0. The number of sulfone groups is 1. The lowest BCUT2D eigenvalue weighted by molar-refractivity contribution is -0.132. The molecule has 0 aromatic carbocycles. The Hall–Kier alpha value is -0.660. The number of nitrogens with zero attached hydrogens (tertiary/aromatic N) is 2. The Morgan fingerprint density at radius 2 is 1.67 bits per heavy atom. The lowest BCUT2D eigenvalue weighted by atomic mass is 10.2. The van der Waals surface area contributed by atoms with Crippen LogP contribution >= 0.6 is 0 Å². The second-order valence-corrected chi connectivity index (χ2v) is 8.80. The zero-order chi connectivity index (χ0) is 16.2. The monoisotopic (exact) mass is 320 g/mol. The van der Waals surface area contributed by atoms with Gasteiger partial charge in [0.15, 0.2) is 9.84 Å². The van der Waals surface area contributed by atoms with E-state index in [1.54, 1.807) is 18.7 Å². The number of carbonyl (C=O) groups excluding carboxylic acids is 1. The summed E-state index contributed by atoms with van der Waals surface area (Å²) in [6.07, 6.45) is 0.371. The van der Waals surface area contributed by atoms with Crippen LogP contribution in [0.25, 0.3) is 0 Å². The third kappa shape index (κ3) is 4.66. The Morgan fingerprint density at radius 3 is 2.10 bits per heavy atom. The molecule has 1 rings (SSSR count). The van der Waals surface area contributed by atoms with Crippen molar-refractivity contribution in [2.75, 3.05) is 32.7 Å². The van der Waals surface area contributed by atoms with Crippen LogP contribution in [0.3, 0.4) is 0 Å². The lowest BCUT2D eigenvalue weighted by Gasteiger charge is -2.36. The van der Waals surface area contributed by atoms with Crippen LogP contribution in [-0.4, -0.2) is 78.6 Å². The second kappa shape index (κ2) is 7.56. The Bertz CT molecular complexity index is 442. The number of hydrogen-bond donors (Lipinski definition) is 1. The maximum absolute atomic E-state index is 12.3. The first-order valence-electron chi connectivity index (χ1n) is 7.62. The first-order chi connectivity index (χ1) is 9.70. The number of piperazine rings is 1. The van der Waals surface area contributed by atoms with Crippen molar-refractivity contribution in [2.24, 2.45) is 0 Å². The van der Waals surface area contributed by atoms with Crippen LogP contribution < -0.4 is 0 Å². The summed E-state index contributed by atoms with van der Waals surface area (Å²) in [6.45, 7) is 9.62. The third-order valence-corrected chi connectivity index (χ3v) is 6.62. The molecule has 0 aromatic rings. The number of carbonyl (C=O) groups is 1. The van der Waals surface area contributed by atoms with Gasteiger partial charge in [-0.25, -0.2) is 8.42 Å². The molecule has 124 valence electrons. The fourth-order valence-electron chi connectivity index (χ4n) is 2.38. The summed E-state index contributed by atoms with van der Waals surface area (Å²) in [5, 5.41) is 8.11. The van der Waals surface area contributed by atoms with E-state index in [1.807, 2.05) is 6.92 Å². The van der Waals surface area contributed by atoms with Gasteiger partial charge in [0, 0.05) is 32.7 Å². The van der Waals surface area contributed by atoms with E-state index in [4.69, 9.17) is 0 Å². The number of rotatable bonds is 6. The number of aliphatic hydroxyl groups excluding tert-OH is 1. The van der Waals surface area contributed by atoms with Crippen LogP contribution in [0.1, 0.15) is 34.1 Å². The van der Waals surface area contributed by atoms with Gasteiger partial charge in [-0.2, -0.15) is 0 Å². The van der Waals surface area contributed by atoms with E-state index in [0.717, 1.165) is 0 Å². The second-order valence-electron chi connectivity index (χ2n) is 5.97. The predicted molar refractivity (Wildman–Crippen MR) is 82.8 cm³/mol. The van der Waals surface area contributed by atoms with Crippen molar-refractivity contribution in [1.29, 1.82) is 0 Å². The Kier molecular flexibility index (Phi) is 6.62. The summed E-state index contributed by atoms with van der Waals surface area (Å²) < 4.78 is 24.1. The molecule has 0 unspecified atom stereocenters. The van der Waals surface area contributed by atoms with E-state index >= 15 is 0 Å². The molecule has 0 spiro atoms. The van der Waals surface area contributed by atoms with Gasteiger partial charge in [0.25, 0.3) is 0 Å².